The van der Waals surface area contributed by atoms with E-state index in [-0.39, 0.29) is 30.5 Å². The van der Waals surface area contributed by atoms with Gasteiger partial charge in [0.1, 0.15) is 0 Å². The third-order valence-electron chi connectivity index (χ3n) is 5.65. The number of fused-ring (bicyclic) bond motifs is 1. The molecule has 1 amide bonds. The summed E-state index contributed by atoms with van der Waals surface area (Å²) in [5.41, 5.74) is 1.38. The fraction of sp³-hybridized carbons (Fsp3) is 0.333. The van der Waals surface area contributed by atoms with Crippen molar-refractivity contribution in [1.29, 1.82) is 0 Å². The second-order valence-corrected chi connectivity index (χ2v) is 7.99. The molecule has 2 heterocycles. The Bertz CT molecular complexity index is 1140. The first kappa shape index (κ1) is 21.7. The average Bonchev–Trinajstić information content (AvgIpc) is 2.82. The molecule has 1 aliphatic rings. The van der Waals surface area contributed by atoms with Crippen molar-refractivity contribution in [2.24, 2.45) is 0 Å². The molecule has 1 aliphatic heterocycles. The van der Waals surface area contributed by atoms with Gasteiger partial charge in [-0.3, -0.25) is 19.3 Å². The van der Waals surface area contributed by atoms with Crippen LogP contribution in [0, 0.1) is 0 Å². The molecule has 0 saturated carbocycles. The lowest BCUT2D eigenvalue weighted by Crippen LogP contribution is -2.45. The van der Waals surface area contributed by atoms with Crippen LogP contribution in [0.3, 0.4) is 0 Å². The Balaban J connectivity index is 1.21. The van der Waals surface area contributed by atoms with Crippen molar-refractivity contribution in [2.75, 3.05) is 19.7 Å². The van der Waals surface area contributed by atoms with Crippen LogP contribution in [0.5, 0.6) is 0 Å². The van der Waals surface area contributed by atoms with E-state index < -0.39 is 5.97 Å². The van der Waals surface area contributed by atoms with Crippen molar-refractivity contribution in [3.8, 4) is 0 Å². The fourth-order valence-corrected chi connectivity index (χ4v) is 3.99. The standard InChI is InChI=1S/C24H26N4O4/c29-22(25-18-10-12-28(13-11-18)15-17-6-2-1-3-7-17)16-32-23(30)14-21-19-8-4-5-9-20(19)24(31)27-26-21/h1-9,18H,10-16H2,(H,25,29)(H,27,31). The van der Waals surface area contributed by atoms with Crippen LogP contribution >= 0.6 is 0 Å². The predicted octanol–water partition coefficient (Wildman–Crippen LogP) is 1.79. The van der Waals surface area contributed by atoms with Gasteiger partial charge in [0.05, 0.1) is 17.5 Å². The van der Waals surface area contributed by atoms with E-state index in [1.54, 1.807) is 24.3 Å². The molecule has 3 aromatic rings. The number of benzene rings is 2. The van der Waals surface area contributed by atoms with Crippen molar-refractivity contribution in [1.82, 2.24) is 20.4 Å². The minimum Gasteiger partial charge on any atom is -0.455 e. The minimum atomic E-state index is -0.567. The third-order valence-corrected chi connectivity index (χ3v) is 5.65. The van der Waals surface area contributed by atoms with E-state index in [2.05, 4.69) is 32.5 Å². The van der Waals surface area contributed by atoms with Gasteiger partial charge in [0.2, 0.25) is 0 Å². The molecule has 1 saturated heterocycles. The molecular weight excluding hydrogens is 408 g/mol. The Morgan fingerprint density at radius 2 is 1.72 bits per heavy atom. The van der Waals surface area contributed by atoms with Crippen LogP contribution in [-0.4, -0.2) is 52.7 Å². The van der Waals surface area contributed by atoms with Crippen LogP contribution in [-0.2, 0) is 27.3 Å². The SMILES string of the molecule is O=C(COC(=O)Cc1n[nH]c(=O)c2ccccc12)NC1CCN(Cc2ccccc2)CC1. The van der Waals surface area contributed by atoms with E-state index >= 15 is 0 Å². The summed E-state index contributed by atoms with van der Waals surface area (Å²) < 4.78 is 5.14. The number of hydrogen-bond donors (Lipinski definition) is 2. The molecule has 1 aromatic heterocycles. The first-order valence-electron chi connectivity index (χ1n) is 10.8. The van der Waals surface area contributed by atoms with Gasteiger partial charge < -0.3 is 10.1 Å². The zero-order valence-corrected chi connectivity index (χ0v) is 17.8. The van der Waals surface area contributed by atoms with Gasteiger partial charge >= 0.3 is 5.97 Å². The molecule has 8 nitrogen and oxygen atoms in total. The smallest absolute Gasteiger partial charge is 0.312 e. The summed E-state index contributed by atoms with van der Waals surface area (Å²) in [6.07, 6.45) is 1.60. The van der Waals surface area contributed by atoms with Crippen LogP contribution in [0.15, 0.2) is 59.4 Å². The Morgan fingerprint density at radius 3 is 2.47 bits per heavy atom. The van der Waals surface area contributed by atoms with Gasteiger partial charge in [-0.05, 0) is 24.5 Å². The molecule has 2 aromatic carbocycles. The van der Waals surface area contributed by atoms with Gasteiger partial charge in [0.15, 0.2) is 6.61 Å². The van der Waals surface area contributed by atoms with Gasteiger partial charge in [-0.15, -0.1) is 0 Å². The monoisotopic (exact) mass is 434 g/mol. The Kier molecular flexibility index (Phi) is 6.91. The van der Waals surface area contributed by atoms with Crippen molar-refractivity contribution < 1.29 is 14.3 Å². The zero-order valence-electron chi connectivity index (χ0n) is 17.8. The maximum Gasteiger partial charge on any atom is 0.312 e. The van der Waals surface area contributed by atoms with Gasteiger partial charge in [-0.2, -0.15) is 5.10 Å². The van der Waals surface area contributed by atoms with Gasteiger partial charge in [-0.25, -0.2) is 5.10 Å². The molecule has 166 valence electrons. The summed E-state index contributed by atoms with van der Waals surface area (Å²) in [6, 6.07) is 17.3. The number of amides is 1. The quantitative estimate of drug-likeness (QED) is 0.550. The molecule has 2 N–H and O–H groups in total. The molecule has 0 bridgehead atoms. The lowest BCUT2D eigenvalue weighted by molar-refractivity contribution is -0.148. The molecule has 32 heavy (non-hydrogen) atoms. The number of piperidine rings is 1. The Labute approximate surface area is 185 Å². The molecule has 0 unspecified atom stereocenters. The number of carbonyl (C=O) groups is 2. The van der Waals surface area contributed by atoms with E-state index in [1.807, 2.05) is 18.2 Å². The Morgan fingerprint density at radius 1 is 1.03 bits per heavy atom. The van der Waals surface area contributed by atoms with E-state index in [1.165, 1.54) is 5.56 Å². The van der Waals surface area contributed by atoms with Crippen LogP contribution in [0.4, 0.5) is 0 Å². The van der Waals surface area contributed by atoms with E-state index in [0.29, 0.717) is 16.5 Å². The highest BCUT2D eigenvalue weighted by Gasteiger charge is 2.21. The van der Waals surface area contributed by atoms with Crippen molar-refractivity contribution in [3.63, 3.8) is 0 Å². The number of H-pyrrole nitrogens is 1. The van der Waals surface area contributed by atoms with Crippen LogP contribution in [0.2, 0.25) is 0 Å². The molecule has 0 spiro atoms. The van der Waals surface area contributed by atoms with Gasteiger partial charge in [-0.1, -0.05) is 48.5 Å². The summed E-state index contributed by atoms with van der Waals surface area (Å²) in [7, 11) is 0. The number of rotatable bonds is 7. The predicted molar refractivity (Wildman–Crippen MR) is 120 cm³/mol. The van der Waals surface area contributed by atoms with Crippen LogP contribution in [0.1, 0.15) is 24.1 Å². The fourth-order valence-electron chi connectivity index (χ4n) is 3.99. The minimum absolute atomic E-state index is 0.0815. The zero-order chi connectivity index (χ0) is 22.3. The summed E-state index contributed by atoms with van der Waals surface area (Å²) >= 11 is 0. The molecule has 0 aliphatic carbocycles. The summed E-state index contributed by atoms with van der Waals surface area (Å²) in [6.45, 7) is 2.39. The topological polar surface area (TPSA) is 104 Å². The highest BCUT2D eigenvalue weighted by molar-refractivity contribution is 5.87. The summed E-state index contributed by atoms with van der Waals surface area (Å²) in [5.74, 6) is -0.873. The molecule has 8 heteroatoms. The maximum atomic E-state index is 12.2. The van der Waals surface area contributed by atoms with E-state index in [0.717, 1.165) is 32.5 Å². The van der Waals surface area contributed by atoms with Crippen molar-refractivity contribution in [2.45, 2.75) is 31.8 Å². The number of nitrogens with one attached hydrogen (secondary N) is 2. The van der Waals surface area contributed by atoms with Crippen LogP contribution in [0.25, 0.3) is 10.8 Å². The second-order valence-electron chi connectivity index (χ2n) is 7.99. The number of likely N-dealkylation sites (tertiary alicyclic amines) is 1. The number of esters is 1. The second kappa shape index (κ2) is 10.2. The number of ether oxygens (including phenoxy) is 1. The number of aromatic nitrogens is 2. The normalized spacial score (nSPS) is 14.9. The first-order chi connectivity index (χ1) is 15.6. The van der Waals surface area contributed by atoms with E-state index in [9.17, 15) is 14.4 Å². The summed E-state index contributed by atoms with van der Waals surface area (Å²) in [5, 5.41) is 10.4. The molecule has 0 atom stereocenters. The van der Waals surface area contributed by atoms with Crippen molar-refractivity contribution >= 4 is 22.6 Å². The first-order valence-corrected chi connectivity index (χ1v) is 10.8. The number of carbonyl (C=O) groups excluding carboxylic acids is 2. The highest BCUT2D eigenvalue weighted by atomic mass is 16.5. The average molecular weight is 434 g/mol. The highest BCUT2D eigenvalue weighted by Crippen LogP contribution is 2.15. The number of hydrogen-bond acceptors (Lipinski definition) is 6. The summed E-state index contributed by atoms with van der Waals surface area (Å²) in [4.78, 5) is 38.7. The molecule has 1 fully saturated rings. The largest absolute Gasteiger partial charge is 0.455 e. The van der Waals surface area contributed by atoms with E-state index in [4.69, 9.17) is 4.74 Å². The van der Waals surface area contributed by atoms with Gasteiger partial charge in [0, 0.05) is 31.1 Å². The third kappa shape index (κ3) is 5.59. The molecule has 0 radical (unpaired) electrons. The molecule has 4 rings (SSSR count). The van der Waals surface area contributed by atoms with Gasteiger partial charge in [0.25, 0.3) is 11.5 Å². The number of nitrogens with zero attached hydrogens (tertiary/aromatic N) is 2. The lowest BCUT2D eigenvalue weighted by Gasteiger charge is -2.32. The lowest BCUT2D eigenvalue weighted by atomic mass is 10.0. The Hall–Kier alpha value is -3.52. The van der Waals surface area contributed by atoms with Crippen LogP contribution < -0.4 is 10.9 Å². The number of aromatic amines is 1. The van der Waals surface area contributed by atoms with Crippen molar-refractivity contribution in [3.05, 3.63) is 76.2 Å². The maximum absolute atomic E-state index is 12.2. The molecular formula is C24H26N4O4.